The van der Waals surface area contributed by atoms with Gasteiger partial charge >= 0.3 is 0 Å². The van der Waals surface area contributed by atoms with E-state index in [0.717, 1.165) is 30.5 Å². The summed E-state index contributed by atoms with van der Waals surface area (Å²) in [5, 5.41) is 4.51. The number of carbonyl (C=O) groups excluding carboxylic acids is 2. The smallest absolute Gasteiger partial charge is 0.210 e. The summed E-state index contributed by atoms with van der Waals surface area (Å²) in [5.74, 6) is 0.0610. The lowest BCUT2D eigenvalue weighted by molar-refractivity contribution is -0.118. The highest BCUT2D eigenvalue weighted by Gasteiger charge is 2.29. The van der Waals surface area contributed by atoms with Crippen LogP contribution < -0.4 is 0 Å². The van der Waals surface area contributed by atoms with Crippen LogP contribution in [0, 0.1) is 0 Å². The van der Waals surface area contributed by atoms with Crippen molar-refractivity contribution < 1.29 is 9.59 Å². The molecule has 19 heavy (non-hydrogen) atoms. The van der Waals surface area contributed by atoms with E-state index in [-0.39, 0.29) is 10.6 Å². The predicted octanol–water partition coefficient (Wildman–Crippen LogP) is 1.77. The zero-order chi connectivity index (χ0) is 14.0. The minimum absolute atomic E-state index is 0.0610. The molecule has 5 nitrogen and oxygen atoms in total. The van der Waals surface area contributed by atoms with E-state index in [1.807, 2.05) is 13.8 Å². The van der Waals surface area contributed by atoms with Gasteiger partial charge < -0.3 is 4.90 Å². The molecule has 1 aliphatic rings. The molecule has 6 heteroatoms. The van der Waals surface area contributed by atoms with Crippen molar-refractivity contribution in [2.75, 3.05) is 6.54 Å². The molecule has 1 atom stereocenters. The number of halogens is 1. The zero-order valence-corrected chi connectivity index (χ0v) is 12.8. The maximum atomic E-state index is 12.5. The number of nitrogens with zero attached hydrogens (tertiary/aromatic N) is 3. The summed E-state index contributed by atoms with van der Waals surface area (Å²) in [6.07, 6.45) is 2.30. The number of Topliss-reactive ketones (excluding diaryl/α,β-unsaturated/α-hetero) is 1. The molecule has 0 aromatic carbocycles. The highest BCUT2D eigenvalue weighted by atomic mass is 79.9. The number of carbonyl (C=O) groups is 2. The average Bonchev–Trinajstić information content (AvgIpc) is 2.82. The molecule has 1 amide bonds. The Hall–Kier alpha value is -1.17. The van der Waals surface area contributed by atoms with E-state index >= 15 is 0 Å². The van der Waals surface area contributed by atoms with E-state index in [1.165, 1.54) is 0 Å². The second-order valence-electron chi connectivity index (χ2n) is 4.66. The first kappa shape index (κ1) is 14.2. The minimum atomic E-state index is -0.190. The second-order valence-corrected chi connectivity index (χ2v) is 5.76. The van der Waals surface area contributed by atoms with Gasteiger partial charge in [-0.1, -0.05) is 22.9 Å². The van der Waals surface area contributed by atoms with Crippen molar-refractivity contribution in [3.63, 3.8) is 0 Å². The van der Waals surface area contributed by atoms with Crippen LogP contribution in [0.3, 0.4) is 0 Å². The molecule has 0 aliphatic carbocycles. The van der Waals surface area contributed by atoms with E-state index < -0.39 is 0 Å². The molecule has 0 fully saturated rings. The molecular formula is C13H18BrN3O2. The molecule has 0 N–H and O–H groups in total. The molecule has 1 aromatic rings. The van der Waals surface area contributed by atoms with E-state index in [0.29, 0.717) is 25.3 Å². The van der Waals surface area contributed by atoms with Crippen molar-refractivity contribution >= 4 is 28.1 Å². The number of ketones is 1. The summed E-state index contributed by atoms with van der Waals surface area (Å²) >= 11 is 3.41. The molecule has 2 heterocycles. The first-order valence-corrected chi connectivity index (χ1v) is 7.50. The molecule has 1 aliphatic heterocycles. The van der Waals surface area contributed by atoms with Crippen LogP contribution in [0.25, 0.3) is 0 Å². The van der Waals surface area contributed by atoms with Crippen LogP contribution in [0.2, 0.25) is 0 Å². The standard InChI is InChI=1S/C13H18BrN3O2/c1-3-10(14)13(19)12-9-7-16(8-18)6-5-11(9)15-17(12)4-2/h8,10H,3-7H2,1-2H3. The topological polar surface area (TPSA) is 55.2 Å². The minimum Gasteiger partial charge on any atom is -0.340 e. The monoisotopic (exact) mass is 327 g/mol. The van der Waals surface area contributed by atoms with Gasteiger partial charge in [-0.3, -0.25) is 14.3 Å². The van der Waals surface area contributed by atoms with Crippen LogP contribution >= 0.6 is 15.9 Å². The summed E-state index contributed by atoms with van der Waals surface area (Å²) in [5.41, 5.74) is 2.54. The van der Waals surface area contributed by atoms with Crippen LogP contribution in [-0.4, -0.2) is 38.2 Å². The molecule has 0 saturated heterocycles. The Morgan fingerprint density at radius 1 is 1.53 bits per heavy atom. The third-order valence-corrected chi connectivity index (χ3v) is 4.52. The summed E-state index contributed by atoms with van der Waals surface area (Å²) in [4.78, 5) is 24.9. The lowest BCUT2D eigenvalue weighted by atomic mass is 10.0. The Balaban J connectivity index is 2.44. The van der Waals surface area contributed by atoms with Gasteiger partial charge in [0, 0.05) is 31.6 Å². The normalized spacial score (nSPS) is 16.1. The van der Waals surface area contributed by atoms with E-state index in [2.05, 4.69) is 21.0 Å². The fraction of sp³-hybridized carbons (Fsp3) is 0.615. The third kappa shape index (κ3) is 2.59. The summed E-state index contributed by atoms with van der Waals surface area (Å²) in [6, 6.07) is 0. The molecule has 2 rings (SSSR count). The summed E-state index contributed by atoms with van der Waals surface area (Å²) < 4.78 is 1.77. The number of fused-ring (bicyclic) bond motifs is 1. The zero-order valence-electron chi connectivity index (χ0n) is 11.2. The van der Waals surface area contributed by atoms with E-state index in [4.69, 9.17) is 0 Å². The number of amides is 1. The van der Waals surface area contributed by atoms with Gasteiger partial charge in [0.05, 0.1) is 10.5 Å². The number of hydrogen-bond donors (Lipinski definition) is 0. The number of aromatic nitrogens is 2. The molecule has 104 valence electrons. The van der Waals surface area contributed by atoms with Crippen molar-refractivity contribution in [1.29, 1.82) is 0 Å². The van der Waals surface area contributed by atoms with Crippen molar-refractivity contribution in [3.8, 4) is 0 Å². The summed E-state index contributed by atoms with van der Waals surface area (Å²) in [6.45, 7) is 5.77. The van der Waals surface area contributed by atoms with E-state index in [9.17, 15) is 9.59 Å². The first-order chi connectivity index (χ1) is 9.12. The molecule has 0 spiro atoms. The fourth-order valence-electron chi connectivity index (χ4n) is 2.38. The van der Waals surface area contributed by atoms with Crippen LogP contribution in [0.1, 0.15) is 42.0 Å². The molecule has 0 saturated carbocycles. The SMILES string of the molecule is CCC(Br)C(=O)c1c2c(nn1CC)CCN(C=O)C2. The van der Waals surface area contributed by atoms with Gasteiger partial charge in [0.15, 0.2) is 5.78 Å². The van der Waals surface area contributed by atoms with Gasteiger partial charge in [-0.05, 0) is 13.3 Å². The van der Waals surface area contributed by atoms with Crippen LogP contribution in [0.4, 0.5) is 0 Å². The average molecular weight is 328 g/mol. The van der Waals surface area contributed by atoms with Gasteiger partial charge in [-0.15, -0.1) is 0 Å². The van der Waals surface area contributed by atoms with Crippen molar-refractivity contribution in [1.82, 2.24) is 14.7 Å². The predicted molar refractivity (Wildman–Crippen MR) is 75.4 cm³/mol. The van der Waals surface area contributed by atoms with Crippen molar-refractivity contribution in [2.24, 2.45) is 0 Å². The quantitative estimate of drug-likeness (QED) is 0.470. The number of alkyl halides is 1. The van der Waals surface area contributed by atoms with E-state index in [1.54, 1.807) is 9.58 Å². The van der Waals surface area contributed by atoms with Crippen molar-refractivity contribution in [2.45, 2.75) is 44.6 Å². The second kappa shape index (κ2) is 5.86. The lowest BCUT2D eigenvalue weighted by Gasteiger charge is -2.22. The Labute approximate surface area is 121 Å². The van der Waals surface area contributed by atoms with Gasteiger partial charge in [0.2, 0.25) is 6.41 Å². The Kier molecular flexibility index (Phi) is 4.39. The Morgan fingerprint density at radius 3 is 2.84 bits per heavy atom. The Morgan fingerprint density at radius 2 is 2.26 bits per heavy atom. The van der Waals surface area contributed by atoms with Crippen LogP contribution in [0.5, 0.6) is 0 Å². The molecule has 1 unspecified atom stereocenters. The fourth-order valence-corrected chi connectivity index (χ4v) is 2.59. The van der Waals surface area contributed by atoms with Crippen LogP contribution in [-0.2, 0) is 24.3 Å². The number of aryl methyl sites for hydroxylation is 1. The lowest BCUT2D eigenvalue weighted by Crippen LogP contribution is -2.30. The highest BCUT2D eigenvalue weighted by Crippen LogP contribution is 2.25. The maximum absolute atomic E-state index is 12.5. The number of hydrogen-bond acceptors (Lipinski definition) is 3. The molecular weight excluding hydrogens is 310 g/mol. The van der Waals surface area contributed by atoms with Crippen LogP contribution in [0.15, 0.2) is 0 Å². The van der Waals surface area contributed by atoms with Crippen molar-refractivity contribution in [3.05, 3.63) is 17.0 Å². The maximum Gasteiger partial charge on any atom is 0.210 e. The molecule has 0 bridgehead atoms. The molecule has 1 aromatic heterocycles. The molecule has 0 radical (unpaired) electrons. The summed E-state index contributed by atoms with van der Waals surface area (Å²) in [7, 11) is 0. The first-order valence-electron chi connectivity index (χ1n) is 6.58. The largest absolute Gasteiger partial charge is 0.340 e. The van der Waals surface area contributed by atoms with Gasteiger partial charge in [0.1, 0.15) is 5.69 Å². The van der Waals surface area contributed by atoms with Gasteiger partial charge in [-0.25, -0.2) is 0 Å². The highest BCUT2D eigenvalue weighted by molar-refractivity contribution is 9.10. The Bertz CT molecular complexity index is 498. The number of rotatable bonds is 5. The third-order valence-electron chi connectivity index (χ3n) is 3.46. The van der Waals surface area contributed by atoms with Gasteiger partial charge in [0.25, 0.3) is 0 Å². The van der Waals surface area contributed by atoms with Gasteiger partial charge in [-0.2, -0.15) is 5.10 Å².